The van der Waals surface area contributed by atoms with Crippen LogP contribution in [0.5, 0.6) is 28.7 Å². The molecule has 1 heterocycles. The fourth-order valence-corrected chi connectivity index (χ4v) is 4.93. The summed E-state index contributed by atoms with van der Waals surface area (Å²) in [6.07, 6.45) is 0. The molecule has 4 aromatic rings. The van der Waals surface area contributed by atoms with Crippen molar-refractivity contribution in [2.75, 3.05) is 13.2 Å². The minimum absolute atomic E-state index is 0.0544. The Balaban J connectivity index is 1.34. The highest BCUT2D eigenvalue weighted by Gasteiger charge is 2.32. The molecule has 4 aromatic carbocycles. The van der Waals surface area contributed by atoms with Crippen molar-refractivity contribution in [1.82, 2.24) is 0 Å². The van der Waals surface area contributed by atoms with E-state index in [0.29, 0.717) is 41.1 Å². The largest absolute Gasteiger partial charge is 0.490 e. The molecule has 230 valence electrons. The molecular formula is C36H33FN2O6. The number of hydrogen-bond acceptors (Lipinski definition) is 8. The Kier molecular flexibility index (Phi) is 9.54. The van der Waals surface area contributed by atoms with Crippen LogP contribution in [0.1, 0.15) is 54.9 Å². The maximum Gasteiger partial charge on any atom is 0.349 e. The zero-order valence-corrected chi connectivity index (χ0v) is 25.2. The Morgan fingerprint density at radius 3 is 2.36 bits per heavy atom. The van der Waals surface area contributed by atoms with E-state index in [1.807, 2.05) is 37.3 Å². The Bertz CT molecular complexity index is 1740. The normalized spacial score (nSPS) is 13.8. The van der Waals surface area contributed by atoms with Gasteiger partial charge in [-0.1, -0.05) is 50.2 Å². The van der Waals surface area contributed by atoms with Crippen molar-refractivity contribution in [3.05, 3.63) is 124 Å². The minimum atomic E-state index is -0.589. The fraction of sp³-hybridized carbons (Fsp3) is 0.222. The van der Waals surface area contributed by atoms with E-state index in [1.54, 1.807) is 42.5 Å². The van der Waals surface area contributed by atoms with Crippen LogP contribution in [-0.2, 0) is 11.4 Å². The zero-order chi connectivity index (χ0) is 31.9. The van der Waals surface area contributed by atoms with Gasteiger partial charge in [0.2, 0.25) is 5.88 Å². The van der Waals surface area contributed by atoms with Gasteiger partial charge in [0.1, 0.15) is 41.3 Å². The summed E-state index contributed by atoms with van der Waals surface area (Å²) in [7, 11) is 0. The lowest BCUT2D eigenvalue weighted by atomic mass is 9.83. The first-order chi connectivity index (χ1) is 21.7. The molecule has 9 heteroatoms. The Labute approximate surface area is 261 Å². The van der Waals surface area contributed by atoms with Crippen LogP contribution in [0.2, 0.25) is 0 Å². The van der Waals surface area contributed by atoms with Crippen LogP contribution in [-0.4, -0.2) is 19.2 Å². The number of halogens is 1. The number of esters is 1. The number of carbonyl (C=O) groups excluding carboxylic acids is 1. The lowest BCUT2D eigenvalue weighted by molar-refractivity contribution is -0.136. The predicted octanol–water partition coefficient (Wildman–Crippen LogP) is 7.13. The van der Waals surface area contributed by atoms with Gasteiger partial charge in [-0.15, -0.1) is 0 Å². The summed E-state index contributed by atoms with van der Waals surface area (Å²) >= 11 is 0. The number of carbonyl (C=O) groups is 1. The molecule has 45 heavy (non-hydrogen) atoms. The molecular weight excluding hydrogens is 575 g/mol. The van der Waals surface area contributed by atoms with E-state index in [4.69, 9.17) is 29.4 Å². The molecule has 1 atom stereocenters. The van der Waals surface area contributed by atoms with E-state index >= 15 is 0 Å². The second-order valence-corrected chi connectivity index (χ2v) is 10.7. The van der Waals surface area contributed by atoms with Gasteiger partial charge in [0.25, 0.3) is 0 Å². The molecule has 0 radical (unpaired) electrons. The van der Waals surface area contributed by atoms with E-state index < -0.39 is 11.9 Å². The van der Waals surface area contributed by atoms with Crippen molar-refractivity contribution in [1.29, 1.82) is 5.26 Å². The van der Waals surface area contributed by atoms with Gasteiger partial charge in [-0.2, -0.15) is 5.26 Å². The molecule has 2 N–H and O–H groups in total. The summed E-state index contributed by atoms with van der Waals surface area (Å²) in [5.74, 6) is 0.971. The molecule has 5 rings (SSSR count). The van der Waals surface area contributed by atoms with Gasteiger partial charge in [-0.05, 0) is 72.0 Å². The number of nitriles is 1. The van der Waals surface area contributed by atoms with Crippen molar-refractivity contribution in [3.8, 4) is 34.8 Å². The molecule has 0 fully saturated rings. The van der Waals surface area contributed by atoms with Crippen LogP contribution in [0, 0.1) is 17.1 Å². The van der Waals surface area contributed by atoms with E-state index in [1.165, 1.54) is 17.7 Å². The summed E-state index contributed by atoms with van der Waals surface area (Å²) in [4.78, 5) is 12.6. The van der Waals surface area contributed by atoms with Crippen LogP contribution in [0.4, 0.5) is 4.39 Å². The summed E-state index contributed by atoms with van der Waals surface area (Å²) in [5, 5.41) is 10.0. The number of rotatable bonds is 11. The summed E-state index contributed by atoms with van der Waals surface area (Å²) in [5.41, 5.74) is 9.77. The number of benzene rings is 4. The van der Waals surface area contributed by atoms with Crippen LogP contribution in [0.25, 0.3) is 0 Å². The second-order valence-electron chi connectivity index (χ2n) is 10.7. The lowest BCUT2D eigenvalue weighted by Crippen LogP contribution is -2.22. The third-order valence-electron chi connectivity index (χ3n) is 7.23. The molecule has 0 saturated heterocycles. The van der Waals surface area contributed by atoms with Crippen molar-refractivity contribution >= 4 is 5.97 Å². The number of nitrogens with zero attached hydrogens (tertiary/aromatic N) is 1. The first-order valence-corrected chi connectivity index (χ1v) is 14.5. The van der Waals surface area contributed by atoms with Crippen LogP contribution < -0.4 is 29.4 Å². The van der Waals surface area contributed by atoms with Crippen LogP contribution in [0.3, 0.4) is 0 Å². The SMILES string of the molecule is CCOc1cc(C2C(C#N)=C(N)Oc3cc(OC(=O)COc4ccc(C(C)C)cc4)ccc32)ccc1OCc1ccc(F)cc1. The zero-order valence-electron chi connectivity index (χ0n) is 25.2. The third kappa shape index (κ3) is 7.36. The highest BCUT2D eigenvalue weighted by atomic mass is 19.1. The number of nitrogens with two attached hydrogens (primary N) is 1. The molecule has 0 amide bonds. The molecule has 1 aliphatic rings. The van der Waals surface area contributed by atoms with Gasteiger partial charge in [0, 0.05) is 11.6 Å². The molecule has 0 saturated carbocycles. The molecule has 0 bridgehead atoms. The Hall–Kier alpha value is -5.49. The molecule has 1 unspecified atom stereocenters. The first-order valence-electron chi connectivity index (χ1n) is 14.5. The second kappa shape index (κ2) is 13.9. The lowest BCUT2D eigenvalue weighted by Gasteiger charge is -2.27. The molecule has 1 aliphatic heterocycles. The standard InChI is InChI=1S/C36H33FN2O6/c1-4-41-33-17-25(9-16-31(33)43-20-23-5-10-26(37)11-6-23)35-29-15-14-28(18-32(29)45-36(39)30(35)19-38)44-34(40)21-42-27-12-7-24(8-13-27)22(2)3/h5-18,22,35H,4,20-21,39H2,1-3H3. The average molecular weight is 609 g/mol. The quantitative estimate of drug-likeness (QED) is 0.141. The third-order valence-corrected chi connectivity index (χ3v) is 7.23. The maximum atomic E-state index is 13.3. The summed E-state index contributed by atoms with van der Waals surface area (Å²) in [6, 6.07) is 26.1. The average Bonchev–Trinajstić information content (AvgIpc) is 3.03. The molecule has 8 nitrogen and oxygen atoms in total. The van der Waals surface area contributed by atoms with E-state index in [2.05, 4.69) is 19.9 Å². The fourth-order valence-electron chi connectivity index (χ4n) is 4.93. The first kappa shape index (κ1) is 31.0. The van der Waals surface area contributed by atoms with Gasteiger partial charge in [-0.3, -0.25) is 0 Å². The van der Waals surface area contributed by atoms with Gasteiger partial charge < -0.3 is 29.4 Å². The highest BCUT2D eigenvalue weighted by Crippen LogP contribution is 2.45. The van der Waals surface area contributed by atoms with Gasteiger partial charge >= 0.3 is 5.97 Å². The van der Waals surface area contributed by atoms with E-state index in [9.17, 15) is 14.4 Å². The minimum Gasteiger partial charge on any atom is -0.490 e. The van der Waals surface area contributed by atoms with Gasteiger partial charge in [0.15, 0.2) is 18.1 Å². The smallest absolute Gasteiger partial charge is 0.349 e. The Morgan fingerprint density at radius 1 is 0.933 bits per heavy atom. The highest BCUT2D eigenvalue weighted by molar-refractivity contribution is 5.74. The van der Waals surface area contributed by atoms with E-state index in [0.717, 1.165) is 11.1 Å². The van der Waals surface area contributed by atoms with Gasteiger partial charge in [0.05, 0.1) is 12.5 Å². The van der Waals surface area contributed by atoms with Crippen molar-refractivity contribution in [2.24, 2.45) is 5.73 Å². The topological polar surface area (TPSA) is 113 Å². The number of fused-ring (bicyclic) bond motifs is 1. The summed E-state index contributed by atoms with van der Waals surface area (Å²) < 4.78 is 42.0. The van der Waals surface area contributed by atoms with Crippen LogP contribution in [0.15, 0.2) is 96.4 Å². The van der Waals surface area contributed by atoms with Crippen molar-refractivity contribution < 1.29 is 32.9 Å². The molecule has 0 spiro atoms. The monoisotopic (exact) mass is 608 g/mol. The Morgan fingerprint density at radius 2 is 1.67 bits per heavy atom. The predicted molar refractivity (Wildman–Crippen MR) is 166 cm³/mol. The van der Waals surface area contributed by atoms with E-state index in [-0.39, 0.29) is 36.2 Å². The number of hydrogen-bond donors (Lipinski definition) is 1. The summed E-state index contributed by atoms with van der Waals surface area (Å²) in [6.45, 7) is 6.38. The van der Waals surface area contributed by atoms with Crippen LogP contribution >= 0.6 is 0 Å². The van der Waals surface area contributed by atoms with Crippen molar-refractivity contribution in [3.63, 3.8) is 0 Å². The number of allylic oxidation sites excluding steroid dienone is 1. The maximum absolute atomic E-state index is 13.3. The number of ether oxygens (including phenoxy) is 5. The molecule has 0 aliphatic carbocycles. The van der Waals surface area contributed by atoms with Crippen molar-refractivity contribution in [2.45, 2.75) is 39.2 Å². The molecule has 0 aromatic heterocycles. The van der Waals surface area contributed by atoms with Gasteiger partial charge in [-0.25, -0.2) is 9.18 Å².